The molecule has 2 rings (SSSR count). The van der Waals surface area contributed by atoms with Gasteiger partial charge in [0, 0.05) is 36.7 Å². The number of hydrogen-bond donors (Lipinski definition) is 1. The Morgan fingerprint density at radius 3 is 2.94 bits per heavy atom. The SMILES string of the molecule is CC(C)C1CNCCN1Cc1ccc(F)cc1Br. The summed E-state index contributed by atoms with van der Waals surface area (Å²) < 4.78 is 13.9. The summed E-state index contributed by atoms with van der Waals surface area (Å²) in [4.78, 5) is 2.49. The van der Waals surface area contributed by atoms with E-state index in [2.05, 4.69) is 40.0 Å². The van der Waals surface area contributed by atoms with E-state index in [-0.39, 0.29) is 5.82 Å². The van der Waals surface area contributed by atoms with Crippen LogP contribution < -0.4 is 5.32 Å². The highest BCUT2D eigenvalue weighted by atomic mass is 79.9. The zero-order chi connectivity index (χ0) is 13.1. The molecule has 1 N–H and O–H groups in total. The monoisotopic (exact) mass is 314 g/mol. The van der Waals surface area contributed by atoms with E-state index < -0.39 is 0 Å². The number of nitrogens with zero attached hydrogens (tertiary/aromatic N) is 1. The van der Waals surface area contributed by atoms with E-state index in [9.17, 15) is 4.39 Å². The van der Waals surface area contributed by atoms with E-state index in [4.69, 9.17) is 0 Å². The Kier molecular flexibility index (Phi) is 4.76. The van der Waals surface area contributed by atoms with E-state index in [0.29, 0.717) is 12.0 Å². The van der Waals surface area contributed by atoms with Crippen LogP contribution in [0.4, 0.5) is 4.39 Å². The van der Waals surface area contributed by atoms with Gasteiger partial charge in [-0.3, -0.25) is 4.90 Å². The van der Waals surface area contributed by atoms with Crippen molar-refractivity contribution in [2.75, 3.05) is 19.6 Å². The predicted molar refractivity (Wildman–Crippen MR) is 76.0 cm³/mol. The fourth-order valence-corrected chi connectivity index (χ4v) is 2.97. The van der Waals surface area contributed by atoms with Crippen LogP contribution in [0.3, 0.4) is 0 Å². The van der Waals surface area contributed by atoms with Crippen LogP contribution in [0.1, 0.15) is 19.4 Å². The van der Waals surface area contributed by atoms with Crippen molar-refractivity contribution in [2.24, 2.45) is 5.92 Å². The van der Waals surface area contributed by atoms with Crippen LogP contribution in [0.15, 0.2) is 22.7 Å². The Hall–Kier alpha value is -0.450. The fourth-order valence-electron chi connectivity index (χ4n) is 2.49. The molecule has 1 aliphatic rings. The van der Waals surface area contributed by atoms with Crippen LogP contribution in [-0.2, 0) is 6.54 Å². The van der Waals surface area contributed by atoms with Gasteiger partial charge in [0.1, 0.15) is 5.82 Å². The molecule has 0 aromatic heterocycles. The Morgan fingerprint density at radius 2 is 2.28 bits per heavy atom. The molecule has 0 aliphatic carbocycles. The molecule has 1 aliphatic heterocycles. The van der Waals surface area contributed by atoms with Crippen molar-refractivity contribution in [3.8, 4) is 0 Å². The van der Waals surface area contributed by atoms with Gasteiger partial charge in [-0.05, 0) is 23.6 Å². The van der Waals surface area contributed by atoms with Gasteiger partial charge >= 0.3 is 0 Å². The van der Waals surface area contributed by atoms with Crippen molar-refractivity contribution < 1.29 is 4.39 Å². The lowest BCUT2D eigenvalue weighted by molar-refractivity contribution is 0.117. The summed E-state index contributed by atoms with van der Waals surface area (Å²) in [6, 6.07) is 5.50. The summed E-state index contributed by atoms with van der Waals surface area (Å²) in [5.41, 5.74) is 1.16. The molecule has 1 saturated heterocycles. The summed E-state index contributed by atoms with van der Waals surface area (Å²) in [6.45, 7) is 8.51. The normalized spacial score (nSPS) is 21.5. The third kappa shape index (κ3) is 3.31. The maximum atomic E-state index is 13.1. The number of nitrogens with one attached hydrogen (secondary N) is 1. The van der Waals surface area contributed by atoms with Crippen molar-refractivity contribution in [3.63, 3.8) is 0 Å². The van der Waals surface area contributed by atoms with Crippen molar-refractivity contribution in [1.82, 2.24) is 10.2 Å². The number of piperazine rings is 1. The molecule has 1 heterocycles. The first kappa shape index (κ1) is 14.0. The lowest BCUT2D eigenvalue weighted by Crippen LogP contribution is -2.53. The summed E-state index contributed by atoms with van der Waals surface area (Å²) in [6.07, 6.45) is 0. The molecule has 0 radical (unpaired) electrons. The molecule has 1 atom stereocenters. The van der Waals surface area contributed by atoms with Gasteiger partial charge in [0.05, 0.1) is 0 Å². The molecule has 2 nitrogen and oxygen atoms in total. The highest BCUT2D eigenvalue weighted by Gasteiger charge is 2.25. The third-order valence-corrected chi connectivity index (χ3v) is 4.29. The second kappa shape index (κ2) is 6.13. The number of halogens is 2. The van der Waals surface area contributed by atoms with E-state index in [1.165, 1.54) is 6.07 Å². The number of rotatable bonds is 3. The fraction of sp³-hybridized carbons (Fsp3) is 0.571. The van der Waals surface area contributed by atoms with E-state index in [0.717, 1.165) is 36.2 Å². The van der Waals surface area contributed by atoms with E-state index in [1.54, 1.807) is 6.07 Å². The van der Waals surface area contributed by atoms with Crippen molar-refractivity contribution >= 4 is 15.9 Å². The van der Waals surface area contributed by atoms with Gasteiger partial charge in [0.15, 0.2) is 0 Å². The van der Waals surface area contributed by atoms with E-state index >= 15 is 0 Å². The van der Waals surface area contributed by atoms with Crippen LogP contribution in [0, 0.1) is 11.7 Å². The van der Waals surface area contributed by atoms with E-state index in [1.807, 2.05) is 6.07 Å². The van der Waals surface area contributed by atoms with Gasteiger partial charge in [-0.15, -0.1) is 0 Å². The Bertz CT molecular complexity index is 409. The zero-order valence-corrected chi connectivity index (χ0v) is 12.5. The maximum Gasteiger partial charge on any atom is 0.124 e. The molecule has 1 unspecified atom stereocenters. The molecule has 1 aromatic rings. The van der Waals surface area contributed by atoms with Crippen molar-refractivity contribution in [3.05, 3.63) is 34.1 Å². The highest BCUT2D eigenvalue weighted by Crippen LogP contribution is 2.22. The molecule has 1 fully saturated rings. The quantitative estimate of drug-likeness (QED) is 0.922. The van der Waals surface area contributed by atoms with Crippen LogP contribution in [-0.4, -0.2) is 30.6 Å². The second-order valence-electron chi connectivity index (χ2n) is 5.22. The molecule has 1 aromatic carbocycles. The van der Waals surface area contributed by atoms with Gasteiger partial charge in [-0.25, -0.2) is 4.39 Å². The summed E-state index contributed by atoms with van der Waals surface area (Å²) >= 11 is 3.45. The minimum absolute atomic E-state index is 0.189. The first-order valence-corrected chi connectivity index (χ1v) is 7.26. The molecule has 18 heavy (non-hydrogen) atoms. The molecular weight excluding hydrogens is 295 g/mol. The molecule has 0 amide bonds. The summed E-state index contributed by atoms with van der Waals surface area (Å²) in [5, 5.41) is 3.44. The van der Waals surface area contributed by atoms with Crippen molar-refractivity contribution in [1.29, 1.82) is 0 Å². The largest absolute Gasteiger partial charge is 0.314 e. The standard InChI is InChI=1S/C14H20BrFN2/c1-10(2)14-8-17-5-6-18(14)9-11-3-4-12(16)7-13(11)15/h3-4,7,10,14,17H,5-6,8-9H2,1-2H3. The number of hydrogen-bond acceptors (Lipinski definition) is 2. The average Bonchev–Trinajstić information content (AvgIpc) is 2.33. The van der Waals surface area contributed by atoms with Gasteiger partial charge in [0.25, 0.3) is 0 Å². The minimum atomic E-state index is -0.189. The van der Waals surface area contributed by atoms with Crippen LogP contribution >= 0.6 is 15.9 Å². The minimum Gasteiger partial charge on any atom is -0.314 e. The van der Waals surface area contributed by atoms with Gasteiger partial charge in [-0.1, -0.05) is 35.8 Å². The predicted octanol–water partition coefficient (Wildman–Crippen LogP) is 3.02. The lowest BCUT2D eigenvalue weighted by Gasteiger charge is -2.38. The van der Waals surface area contributed by atoms with Gasteiger partial charge < -0.3 is 5.32 Å². The Balaban J connectivity index is 2.11. The zero-order valence-electron chi connectivity index (χ0n) is 10.9. The third-order valence-electron chi connectivity index (χ3n) is 3.56. The second-order valence-corrected chi connectivity index (χ2v) is 6.08. The molecule has 100 valence electrons. The first-order valence-electron chi connectivity index (χ1n) is 6.46. The molecular formula is C14H20BrFN2. The van der Waals surface area contributed by atoms with Gasteiger partial charge in [-0.2, -0.15) is 0 Å². The molecule has 0 spiro atoms. The molecule has 4 heteroatoms. The van der Waals surface area contributed by atoms with Crippen molar-refractivity contribution in [2.45, 2.75) is 26.4 Å². The highest BCUT2D eigenvalue weighted by molar-refractivity contribution is 9.10. The average molecular weight is 315 g/mol. The lowest BCUT2D eigenvalue weighted by atomic mass is 10.00. The topological polar surface area (TPSA) is 15.3 Å². The first-order chi connectivity index (χ1) is 8.58. The smallest absolute Gasteiger partial charge is 0.124 e. The van der Waals surface area contributed by atoms with Crippen LogP contribution in [0.25, 0.3) is 0 Å². The van der Waals surface area contributed by atoms with Crippen LogP contribution in [0.2, 0.25) is 0 Å². The molecule has 0 bridgehead atoms. The Labute approximate surface area is 117 Å². The number of benzene rings is 1. The van der Waals surface area contributed by atoms with Gasteiger partial charge in [0.2, 0.25) is 0 Å². The Morgan fingerprint density at radius 1 is 1.50 bits per heavy atom. The molecule has 0 saturated carbocycles. The maximum absolute atomic E-state index is 13.1. The summed E-state index contributed by atoms with van der Waals surface area (Å²) in [5.74, 6) is 0.434. The summed E-state index contributed by atoms with van der Waals surface area (Å²) in [7, 11) is 0. The van der Waals surface area contributed by atoms with Crippen LogP contribution in [0.5, 0.6) is 0 Å².